The molecule has 0 fully saturated rings. The van der Waals surface area contributed by atoms with E-state index in [2.05, 4.69) is 29.9 Å². The first-order valence-electron chi connectivity index (χ1n) is 17.9. The number of nitrogen functional groups attached to an aromatic ring is 1. The van der Waals surface area contributed by atoms with E-state index >= 15 is 0 Å². The second-order valence-corrected chi connectivity index (χ2v) is 15.1. The van der Waals surface area contributed by atoms with Gasteiger partial charge in [0.05, 0.1) is 6.33 Å². The van der Waals surface area contributed by atoms with Gasteiger partial charge in [-0.25, -0.2) is 33.7 Å². The molecule has 4 N–H and O–H groups in total. The lowest BCUT2D eigenvalue weighted by molar-refractivity contribution is 0.173. The number of H-pyrrole nitrogens is 1. The summed E-state index contributed by atoms with van der Waals surface area (Å²) in [6, 6.07) is 24.4. The van der Waals surface area contributed by atoms with Crippen molar-refractivity contribution in [3.8, 4) is 23.0 Å². The Morgan fingerprint density at radius 1 is 0.690 bits per heavy atom. The third-order valence-corrected chi connectivity index (χ3v) is 11.1. The van der Waals surface area contributed by atoms with Crippen molar-refractivity contribution >= 4 is 51.7 Å². The number of hydrogen-bond donors (Lipinski definition) is 3. The largest absolute Gasteiger partial charge is 0.454 e. The van der Waals surface area contributed by atoms with E-state index in [9.17, 15) is 8.78 Å². The van der Waals surface area contributed by atoms with Crippen molar-refractivity contribution in [3.05, 3.63) is 126 Å². The van der Waals surface area contributed by atoms with Gasteiger partial charge in [0.15, 0.2) is 61.4 Å². The first-order chi connectivity index (χ1) is 28.3. The molecule has 0 spiro atoms. The zero-order chi connectivity index (χ0) is 39.6. The van der Waals surface area contributed by atoms with Gasteiger partial charge in [-0.1, -0.05) is 47.8 Å². The van der Waals surface area contributed by atoms with Gasteiger partial charge >= 0.3 is 0 Å². The lowest BCUT2D eigenvalue weighted by atomic mass is 10.1. The average Bonchev–Trinajstić information content (AvgIpc) is 4.05. The van der Waals surface area contributed by atoms with Crippen LogP contribution < -0.4 is 30.2 Å². The van der Waals surface area contributed by atoms with Gasteiger partial charge in [0, 0.05) is 22.9 Å². The minimum Gasteiger partial charge on any atom is -0.454 e. The van der Waals surface area contributed by atoms with E-state index in [0.29, 0.717) is 70.7 Å². The molecule has 0 saturated carbocycles. The molecule has 0 aliphatic carbocycles. The van der Waals surface area contributed by atoms with E-state index in [-0.39, 0.29) is 30.7 Å². The zero-order valence-electron chi connectivity index (χ0n) is 30.4. The minimum absolute atomic E-state index is 0.142. The minimum atomic E-state index is -0.249. The maximum atomic E-state index is 13.2. The van der Waals surface area contributed by atoms with Gasteiger partial charge in [-0.05, 0) is 84.6 Å². The first kappa shape index (κ1) is 36.9. The van der Waals surface area contributed by atoms with Crippen LogP contribution in [0.4, 0.5) is 14.6 Å². The van der Waals surface area contributed by atoms with Gasteiger partial charge in [0.2, 0.25) is 13.6 Å². The van der Waals surface area contributed by atoms with Gasteiger partial charge in [0.25, 0.3) is 0 Å². The summed E-state index contributed by atoms with van der Waals surface area (Å²) in [6.45, 7) is 1.70. The normalized spacial score (nSPS) is 12.6. The van der Waals surface area contributed by atoms with E-state index in [1.807, 2.05) is 45.5 Å². The fourth-order valence-electron chi connectivity index (χ4n) is 6.28. The number of halogens is 2. The van der Waals surface area contributed by atoms with Crippen molar-refractivity contribution < 1.29 is 27.7 Å². The number of rotatable bonds is 10. The van der Waals surface area contributed by atoms with Crippen molar-refractivity contribution in [3.63, 3.8) is 0 Å². The lowest BCUT2D eigenvalue weighted by Crippen LogP contribution is -2.13. The van der Waals surface area contributed by atoms with E-state index < -0.39 is 0 Å². The Bertz CT molecular complexity index is 2830. The summed E-state index contributed by atoms with van der Waals surface area (Å²) in [5.74, 6) is 2.72. The molecular weight excluding hydrogens is 787 g/mol. The molecule has 0 unspecified atom stereocenters. The summed E-state index contributed by atoms with van der Waals surface area (Å²) in [4.78, 5) is 27.0. The number of fused-ring (bicyclic) bond motifs is 4. The predicted molar refractivity (Wildman–Crippen MR) is 211 cm³/mol. The van der Waals surface area contributed by atoms with Crippen LogP contribution in [-0.2, 0) is 25.9 Å². The van der Waals surface area contributed by atoms with Crippen molar-refractivity contribution in [1.82, 2.24) is 39.0 Å². The summed E-state index contributed by atoms with van der Waals surface area (Å²) < 4.78 is 51.8. The monoisotopic (exact) mass is 818 g/mol. The van der Waals surface area contributed by atoms with Gasteiger partial charge in [0.1, 0.15) is 23.5 Å². The van der Waals surface area contributed by atoms with E-state index in [4.69, 9.17) is 30.1 Å². The molecule has 2 aliphatic heterocycles. The lowest BCUT2D eigenvalue weighted by Gasteiger charge is -2.09. The second kappa shape index (κ2) is 16.1. The highest BCUT2D eigenvalue weighted by Gasteiger charge is 2.19. The number of aryl methyl sites for hydroxylation is 4. The number of benzene rings is 4. The summed E-state index contributed by atoms with van der Waals surface area (Å²) in [7, 11) is 0. The summed E-state index contributed by atoms with van der Waals surface area (Å²) in [6.07, 6.45) is 4.45. The fourth-order valence-corrected chi connectivity index (χ4v) is 8.03. The molecule has 4 aromatic carbocycles. The number of aromatic nitrogens is 8. The third-order valence-electron chi connectivity index (χ3n) is 9.23. The molecule has 14 nitrogen and oxygen atoms in total. The van der Waals surface area contributed by atoms with Crippen molar-refractivity contribution in [2.75, 3.05) is 19.3 Å². The van der Waals surface area contributed by atoms with E-state index in [0.717, 1.165) is 37.6 Å². The van der Waals surface area contributed by atoms with Crippen LogP contribution in [0.1, 0.15) is 11.1 Å². The smallest absolute Gasteiger partial charge is 0.231 e. The standard InChI is InChI=1S/2C20H16FN5O2S/c21-13-3-1-12(2-4-13)7-8-26-10-23-18(22)17-19(26)25-20(24-17)29-14-5-6-15-16(9-14)28-11-27-15;21-13-3-1-12(2-4-13)7-8-26-19-17(18(22)23-10-24-19)25-20(26)29-14-5-6-15-16(9-14)28-11-27-15/h1-6,9-10,22H,7-8,11H2,(H,24,25);1-6,9-10H,7-8,11H2,(H2,22,23,24). The van der Waals surface area contributed by atoms with Crippen LogP contribution in [0.15, 0.2) is 118 Å². The SMILES string of the molecule is N=c1ncn(CCc2ccc(F)cc2)c2nc(Sc3ccc4c(c3)OCO4)[nH]c12.Nc1ncnc2c1nc(Sc1ccc3c(c1)OCO3)n2CCc1ccc(F)cc1. The number of anilines is 1. The van der Waals surface area contributed by atoms with Crippen molar-refractivity contribution in [2.24, 2.45) is 0 Å². The Kier molecular flexibility index (Phi) is 10.2. The molecule has 0 amide bonds. The Morgan fingerprint density at radius 3 is 1.95 bits per heavy atom. The van der Waals surface area contributed by atoms with Crippen molar-refractivity contribution in [1.29, 1.82) is 5.41 Å². The molecule has 0 bridgehead atoms. The molecule has 0 radical (unpaired) electrons. The summed E-state index contributed by atoms with van der Waals surface area (Å²) in [5.41, 5.74) is 10.7. The highest BCUT2D eigenvalue weighted by Crippen LogP contribution is 2.39. The number of hydrogen-bond acceptors (Lipinski definition) is 13. The molecule has 10 rings (SSSR count). The molecule has 6 heterocycles. The second-order valence-electron chi connectivity index (χ2n) is 13.0. The van der Waals surface area contributed by atoms with Crippen LogP contribution >= 0.6 is 23.5 Å². The molecule has 4 aromatic heterocycles. The van der Waals surface area contributed by atoms with Gasteiger partial charge in [-0.3, -0.25) is 5.41 Å². The highest BCUT2D eigenvalue weighted by molar-refractivity contribution is 7.99. The number of ether oxygens (including phenoxy) is 4. The predicted octanol–water partition coefficient (Wildman–Crippen LogP) is 7.17. The average molecular weight is 819 g/mol. The van der Waals surface area contributed by atoms with Crippen LogP contribution in [0.5, 0.6) is 23.0 Å². The summed E-state index contributed by atoms with van der Waals surface area (Å²) >= 11 is 2.93. The molecule has 58 heavy (non-hydrogen) atoms. The quantitative estimate of drug-likeness (QED) is 0.127. The van der Waals surface area contributed by atoms with Crippen molar-refractivity contribution in [2.45, 2.75) is 46.0 Å². The van der Waals surface area contributed by atoms with Crippen LogP contribution in [0.3, 0.4) is 0 Å². The molecule has 292 valence electrons. The third kappa shape index (κ3) is 7.96. The molecule has 2 aliphatic rings. The molecule has 0 saturated heterocycles. The van der Waals surface area contributed by atoms with Gasteiger partial charge in [-0.15, -0.1) is 0 Å². The molecular formula is C40H32F2N10O4S2. The number of imidazole rings is 2. The molecule has 18 heteroatoms. The Hall–Kier alpha value is -6.66. The Balaban J connectivity index is 0.000000150. The van der Waals surface area contributed by atoms with Gasteiger partial charge < -0.3 is 38.8 Å². The number of nitrogens with zero attached hydrogens (tertiary/aromatic N) is 7. The van der Waals surface area contributed by atoms with Gasteiger partial charge in [-0.2, -0.15) is 0 Å². The highest BCUT2D eigenvalue weighted by atomic mass is 32.2. The fraction of sp³-hybridized carbons (Fsp3) is 0.150. The van der Waals surface area contributed by atoms with Crippen LogP contribution in [0.2, 0.25) is 0 Å². The van der Waals surface area contributed by atoms with Crippen LogP contribution in [-0.4, -0.2) is 52.6 Å². The Labute approximate surface area is 336 Å². The topological polar surface area (TPSA) is 177 Å². The maximum absolute atomic E-state index is 13.2. The van der Waals surface area contributed by atoms with E-state index in [1.54, 1.807) is 30.6 Å². The number of nitrogens with one attached hydrogen (secondary N) is 2. The number of aromatic amines is 1. The Morgan fingerprint density at radius 2 is 1.29 bits per heavy atom. The maximum Gasteiger partial charge on any atom is 0.231 e. The molecule has 0 atom stereocenters. The van der Waals surface area contributed by atoms with Crippen LogP contribution in [0.25, 0.3) is 22.3 Å². The van der Waals surface area contributed by atoms with Crippen LogP contribution in [0, 0.1) is 17.0 Å². The summed E-state index contributed by atoms with van der Waals surface area (Å²) in [5, 5.41) is 9.50. The zero-order valence-corrected chi connectivity index (χ0v) is 32.0. The van der Waals surface area contributed by atoms with E-state index in [1.165, 1.54) is 54.1 Å². The molecule has 8 aromatic rings. The first-order valence-corrected chi connectivity index (χ1v) is 19.6. The number of nitrogens with two attached hydrogens (primary N) is 1.